The standard InChI is InChI=1S/C18H14ClFN2O2S/c1-25-11-7-12-16(13(20)8-11)22-14(15(17(12)23)18(21)24)6-9-2-4-10(19)5-3-9/h2-5,7-8H,6H2,1H3,(H2,21,24)(H,22,23). The molecule has 3 N–H and O–H groups in total. The van der Waals surface area contributed by atoms with Gasteiger partial charge in [0.05, 0.1) is 10.9 Å². The van der Waals surface area contributed by atoms with Crippen molar-refractivity contribution in [1.29, 1.82) is 0 Å². The highest BCUT2D eigenvalue weighted by atomic mass is 35.5. The molecule has 0 aliphatic rings. The first-order valence-corrected chi connectivity index (χ1v) is 8.97. The average molecular weight is 377 g/mol. The summed E-state index contributed by atoms with van der Waals surface area (Å²) >= 11 is 7.17. The molecule has 0 saturated heterocycles. The van der Waals surface area contributed by atoms with Crippen LogP contribution in [0.2, 0.25) is 5.02 Å². The van der Waals surface area contributed by atoms with E-state index in [-0.39, 0.29) is 28.6 Å². The number of rotatable bonds is 4. The predicted octanol–water partition coefficient (Wildman–Crippen LogP) is 3.73. The van der Waals surface area contributed by atoms with Crippen molar-refractivity contribution in [3.05, 3.63) is 74.3 Å². The molecule has 25 heavy (non-hydrogen) atoms. The molecule has 0 spiro atoms. The van der Waals surface area contributed by atoms with Crippen LogP contribution in [-0.2, 0) is 6.42 Å². The molecule has 0 bridgehead atoms. The van der Waals surface area contributed by atoms with Crippen LogP contribution in [-0.4, -0.2) is 17.1 Å². The van der Waals surface area contributed by atoms with Crippen LogP contribution >= 0.6 is 23.4 Å². The summed E-state index contributed by atoms with van der Waals surface area (Å²) < 4.78 is 14.4. The Balaban J connectivity index is 2.25. The van der Waals surface area contributed by atoms with E-state index in [2.05, 4.69) is 4.98 Å². The van der Waals surface area contributed by atoms with E-state index in [1.165, 1.54) is 17.8 Å². The third kappa shape index (κ3) is 3.41. The molecule has 4 nitrogen and oxygen atoms in total. The van der Waals surface area contributed by atoms with E-state index < -0.39 is 17.2 Å². The molecule has 0 aliphatic carbocycles. The molecule has 0 unspecified atom stereocenters. The molecule has 1 heterocycles. The Bertz CT molecular complexity index is 1030. The van der Waals surface area contributed by atoms with E-state index in [4.69, 9.17) is 17.3 Å². The Labute approximate surface area is 152 Å². The van der Waals surface area contributed by atoms with Gasteiger partial charge >= 0.3 is 0 Å². The second kappa shape index (κ2) is 6.90. The topological polar surface area (TPSA) is 76.0 Å². The van der Waals surface area contributed by atoms with E-state index in [1.54, 1.807) is 36.6 Å². The molecule has 128 valence electrons. The summed E-state index contributed by atoms with van der Waals surface area (Å²) in [5.74, 6) is -1.39. The summed E-state index contributed by atoms with van der Waals surface area (Å²) in [5, 5.41) is 0.680. The van der Waals surface area contributed by atoms with Gasteiger partial charge in [-0.05, 0) is 36.1 Å². The van der Waals surface area contributed by atoms with Gasteiger partial charge in [-0.3, -0.25) is 9.59 Å². The fourth-order valence-electron chi connectivity index (χ4n) is 2.69. The van der Waals surface area contributed by atoms with Crippen LogP contribution in [0.1, 0.15) is 21.6 Å². The van der Waals surface area contributed by atoms with Crippen molar-refractivity contribution in [2.45, 2.75) is 11.3 Å². The molecule has 1 amide bonds. The number of aromatic amines is 1. The van der Waals surface area contributed by atoms with Crippen molar-refractivity contribution in [2.24, 2.45) is 5.73 Å². The Hall–Kier alpha value is -2.31. The first-order valence-electron chi connectivity index (χ1n) is 7.37. The quantitative estimate of drug-likeness (QED) is 0.681. The van der Waals surface area contributed by atoms with Crippen molar-refractivity contribution in [2.75, 3.05) is 6.26 Å². The SMILES string of the molecule is CSc1cc(F)c2[nH]c(Cc3ccc(Cl)cc3)c(C(N)=O)c(=O)c2c1. The van der Waals surface area contributed by atoms with Gasteiger partial charge < -0.3 is 10.7 Å². The van der Waals surface area contributed by atoms with Gasteiger partial charge in [0, 0.05) is 22.0 Å². The Morgan fingerprint density at radius 1 is 1.28 bits per heavy atom. The number of amides is 1. The molecule has 0 fully saturated rings. The summed E-state index contributed by atoms with van der Waals surface area (Å²) in [7, 11) is 0. The summed E-state index contributed by atoms with van der Waals surface area (Å²) in [5.41, 5.74) is 5.85. The minimum Gasteiger partial charge on any atom is -0.365 e. The van der Waals surface area contributed by atoms with E-state index in [1.807, 2.05) is 0 Å². The summed E-state index contributed by atoms with van der Waals surface area (Å²) in [6.45, 7) is 0. The highest BCUT2D eigenvalue weighted by Gasteiger charge is 2.19. The number of benzene rings is 2. The first-order chi connectivity index (χ1) is 11.9. The van der Waals surface area contributed by atoms with Crippen LogP contribution in [0.3, 0.4) is 0 Å². The van der Waals surface area contributed by atoms with E-state index in [9.17, 15) is 14.0 Å². The second-order valence-corrected chi connectivity index (χ2v) is 6.82. The predicted molar refractivity (Wildman–Crippen MR) is 99.1 cm³/mol. The lowest BCUT2D eigenvalue weighted by atomic mass is 10.0. The number of H-pyrrole nitrogens is 1. The van der Waals surface area contributed by atoms with Gasteiger partial charge in [-0.1, -0.05) is 23.7 Å². The number of thioether (sulfide) groups is 1. The number of halogens is 2. The summed E-state index contributed by atoms with van der Waals surface area (Å²) in [4.78, 5) is 28.1. The number of hydrogen-bond donors (Lipinski definition) is 2. The molecular formula is C18H14ClFN2O2S. The molecule has 7 heteroatoms. The molecule has 2 aromatic carbocycles. The lowest BCUT2D eigenvalue weighted by Crippen LogP contribution is -2.26. The highest BCUT2D eigenvalue weighted by molar-refractivity contribution is 7.98. The maximum atomic E-state index is 14.4. The fraction of sp³-hybridized carbons (Fsp3) is 0.111. The van der Waals surface area contributed by atoms with Crippen LogP contribution in [0, 0.1) is 5.82 Å². The second-order valence-electron chi connectivity index (χ2n) is 5.51. The van der Waals surface area contributed by atoms with Gasteiger partial charge in [-0.2, -0.15) is 0 Å². The number of carbonyl (C=O) groups is 1. The van der Waals surface area contributed by atoms with Crippen LogP contribution in [0.5, 0.6) is 0 Å². The molecule has 1 aromatic heterocycles. The molecule has 3 rings (SSSR count). The summed E-state index contributed by atoms with van der Waals surface area (Å²) in [6, 6.07) is 9.83. The van der Waals surface area contributed by atoms with Gasteiger partial charge in [0.25, 0.3) is 5.91 Å². The van der Waals surface area contributed by atoms with Gasteiger partial charge in [0.1, 0.15) is 11.4 Å². The molecule has 0 saturated carbocycles. The zero-order valence-electron chi connectivity index (χ0n) is 13.2. The first kappa shape index (κ1) is 17.5. The molecule has 0 atom stereocenters. The van der Waals surface area contributed by atoms with E-state index in [0.29, 0.717) is 9.92 Å². The monoisotopic (exact) mass is 376 g/mol. The number of carbonyl (C=O) groups excluding carboxylic acids is 1. The molecule has 3 aromatic rings. The Morgan fingerprint density at radius 2 is 1.96 bits per heavy atom. The van der Waals surface area contributed by atoms with Crippen molar-refractivity contribution in [3.63, 3.8) is 0 Å². The van der Waals surface area contributed by atoms with E-state index in [0.717, 1.165) is 5.56 Å². The van der Waals surface area contributed by atoms with Crippen LogP contribution in [0.15, 0.2) is 46.1 Å². The van der Waals surface area contributed by atoms with E-state index >= 15 is 0 Å². The van der Waals surface area contributed by atoms with Crippen molar-refractivity contribution in [1.82, 2.24) is 4.98 Å². The Kier molecular flexibility index (Phi) is 4.83. The molecule has 0 aliphatic heterocycles. The Morgan fingerprint density at radius 3 is 2.56 bits per heavy atom. The van der Waals surface area contributed by atoms with Crippen LogP contribution in [0.4, 0.5) is 4.39 Å². The number of pyridine rings is 1. The van der Waals surface area contributed by atoms with Gasteiger partial charge in [0.2, 0.25) is 5.43 Å². The van der Waals surface area contributed by atoms with Gasteiger partial charge in [-0.25, -0.2) is 4.39 Å². The van der Waals surface area contributed by atoms with Crippen LogP contribution in [0.25, 0.3) is 10.9 Å². The zero-order valence-corrected chi connectivity index (χ0v) is 14.8. The number of primary amides is 1. The molecular weight excluding hydrogens is 363 g/mol. The third-order valence-electron chi connectivity index (χ3n) is 3.89. The highest BCUT2D eigenvalue weighted by Crippen LogP contribution is 2.24. The smallest absolute Gasteiger partial charge is 0.254 e. The van der Waals surface area contributed by atoms with Gasteiger partial charge in [0.15, 0.2) is 0 Å². The zero-order chi connectivity index (χ0) is 18.1. The van der Waals surface area contributed by atoms with Crippen molar-refractivity contribution in [3.8, 4) is 0 Å². The lowest BCUT2D eigenvalue weighted by Gasteiger charge is -2.11. The van der Waals surface area contributed by atoms with Crippen LogP contribution < -0.4 is 11.2 Å². The average Bonchev–Trinajstić information content (AvgIpc) is 2.57. The minimum atomic E-state index is -0.845. The van der Waals surface area contributed by atoms with Gasteiger partial charge in [-0.15, -0.1) is 11.8 Å². The lowest BCUT2D eigenvalue weighted by molar-refractivity contribution is 0.0998. The number of aromatic nitrogens is 1. The number of nitrogens with one attached hydrogen (secondary N) is 1. The normalized spacial score (nSPS) is 11.0. The van der Waals surface area contributed by atoms with Crippen molar-refractivity contribution < 1.29 is 9.18 Å². The maximum absolute atomic E-state index is 14.4. The minimum absolute atomic E-state index is 0.0664. The molecule has 0 radical (unpaired) electrons. The third-order valence-corrected chi connectivity index (χ3v) is 4.85. The summed E-state index contributed by atoms with van der Waals surface area (Å²) in [6.07, 6.45) is 2.00. The van der Waals surface area contributed by atoms with Crippen molar-refractivity contribution >= 4 is 40.2 Å². The number of fused-ring (bicyclic) bond motifs is 1. The maximum Gasteiger partial charge on any atom is 0.254 e. The number of nitrogens with two attached hydrogens (primary N) is 1. The fourth-order valence-corrected chi connectivity index (χ4v) is 3.27. The largest absolute Gasteiger partial charge is 0.365 e. The number of hydrogen-bond acceptors (Lipinski definition) is 3.